The van der Waals surface area contributed by atoms with Crippen LogP contribution in [0.25, 0.3) is 0 Å². The Bertz CT molecular complexity index is 566. The third-order valence-electron chi connectivity index (χ3n) is 3.32. The number of rotatable bonds is 4. The highest BCUT2D eigenvalue weighted by molar-refractivity contribution is 6.06. The fraction of sp³-hybridized carbons (Fsp3) is 0.375. The lowest BCUT2D eigenvalue weighted by Crippen LogP contribution is -2.66. The largest absolute Gasteiger partial charge is 0.350 e. The van der Waals surface area contributed by atoms with E-state index in [4.69, 9.17) is 4.74 Å². The number of piperazine rings is 1. The molecule has 21 heavy (non-hydrogen) atoms. The Hall–Kier alpha value is -2.14. The van der Waals surface area contributed by atoms with Gasteiger partial charge in [-0.05, 0) is 11.5 Å². The van der Waals surface area contributed by atoms with Gasteiger partial charge in [-0.2, -0.15) is 0 Å². The highest BCUT2D eigenvalue weighted by atomic mass is 16.5. The molecule has 0 radical (unpaired) electrons. The van der Waals surface area contributed by atoms with Crippen LogP contribution in [-0.2, 0) is 20.7 Å². The molecule has 0 bridgehead atoms. The van der Waals surface area contributed by atoms with Crippen LogP contribution >= 0.6 is 0 Å². The van der Waals surface area contributed by atoms with E-state index in [1.54, 1.807) is 6.08 Å². The molecule has 1 aromatic rings. The summed E-state index contributed by atoms with van der Waals surface area (Å²) in [4.78, 5) is 24.6. The standard InChI is InChI=1S/C16H20N2O3/c1-11(2)9-13-14(19)18-16(21-3,15(20)17-13)10-12-7-5-4-6-8-12/h4-9,11H,10H2,1-3H3,(H,17,20)(H,18,19)/b13-9+/t16-/m0/s1. The van der Waals surface area contributed by atoms with Gasteiger partial charge >= 0.3 is 0 Å². The van der Waals surface area contributed by atoms with Crippen LogP contribution in [0.3, 0.4) is 0 Å². The van der Waals surface area contributed by atoms with Crippen LogP contribution in [0.15, 0.2) is 42.1 Å². The molecule has 0 aliphatic carbocycles. The third kappa shape index (κ3) is 3.31. The van der Waals surface area contributed by atoms with Crippen molar-refractivity contribution in [2.45, 2.75) is 26.0 Å². The number of carbonyl (C=O) groups excluding carboxylic acids is 2. The average Bonchev–Trinajstić information content (AvgIpc) is 2.45. The third-order valence-corrected chi connectivity index (χ3v) is 3.32. The Balaban J connectivity index is 2.25. The zero-order chi connectivity index (χ0) is 15.5. The van der Waals surface area contributed by atoms with Gasteiger partial charge in [0.05, 0.1) is 0 Å². The maximum absolute atomic E-state index is 12.4. The summed E-state index contributed by atoms with van der Waals surface area (Å²) in [6.45, 7) is 3.88. The SMILES string of the molecule is CO[C@]1(Cc2ccccc2)NC(=O)/C(=C\C(C)C)NC1=O. The van der Waals surface area contributed by atoms with Gasteiger partial charge in [0, 0.05) is 13.5 Å². The summed E-state index contributed by atoms with van der Waals surface area (Å²) in [5, 5.41) is 5.34. The van der Waals surface area contributed by atoms with Gasteiger partial charge in [0.1, 0.15) is 5.70 Å². The number of allylic oxidation sites excluding steroid dienone is 1. The fourth-order valence-corrected chi connectivity index (χ4v) is 2.26. The van der Waals surface area contributed by atoms with Crippen LogP contribution in [0, 0.1) is 5.92 Å². The minimum Gasteiger partial charge on any atom is -0.350 e. The van der Waals surface area contributed by atoms with E-state index in [1.807, 2.05) is 44.2 Å². The smallest absolute Gasteiger partial charge is 0.278 e. The van der Waals surface area contributed by atoms with Crippen molar-refractivity contribution in [1.82, 2.24) is 10.6 Å². The molecule has 1 fully saturated rings. The second-order valence-electron chi connectivity index (χ2n) is 5.43. The van der Waals surface area contributed by atoms with Crippen LogP contribution < -0.4 is 10.6 Å². The molecule has 1 aliphatic heterocycles. The molecule has 1 saturated heterocycles. The van der Waals surface area contributed by atoms with E-state index in [9.17, 15) is 9.59 Å². The van der Waals surface area contributed by atoms with Crippen molar-refractivity contribution in [1.29, 1.82) is 0 Å². The normalized spacial score (nSPS) is 24.1. The van der Waals surface area contributed by atoms with Crippen molar-refractivity contribution in [3.8, 4) is 0 Å². The number of methoxy groups -OCH3 is 1. The minimum atomic E-state index is -1.37. The maximum Gasteiger partial charge on any atom is 0.278 e. The Morgan fingerprint density at radius 1 is 1.24 bits per heavy atom. The van der Waals surface area contributed by atoms with Crippen molar-refractivity contribution in [3.63, 3.8) is 0 Å². The summed E-state index contributed by atoms with van der Waals surface area (Å²) in [7, 11) is 1.42. The van der Waals surface area contributed by atoms with E-state index in [0.717, 1.165) is 5.56 Å². The molecular formula is C16H20N2O3. The van der Waals surface area contributed by atoms with Gasteiger partial charge in [0.25, 0.3) is 11.8 Å². The Kier molecular flexibility index (Phi) is 4.43. The molecular weight excluding hydrogens is 268 g/mol. The predicted octanol–water partition coefficient (Wildman–Crippen LogP) is 1.36. The molecule has 0 saturated carbocycles. The summed E-state index contributed by atoms with van der Waals surface area (Å²) in [6, 6.07) is 9.43. The zero-order valence-electron chi connectivity index (χ0n) is 12.5. The average molecular weight is 288 g/mol. The van der Waals surface area contributed by atoms with Crippen molar-refractivity contribution < 1.29 is 14.3 Å². The van der Waals surface area contributed by atoms with E-state index in [2.05, 4.69) is 10.6 Å². The molecule has 0 aromatic heterocycles. The van der Waals surface area contributed by atoms with E-state index < -0.39 is 5.72 Å². The van der Waals surface area contributed by atoms with E-state index in [-0.39, 0.29) is 29.9 Å². The van der Waals surface area contributed by atoms with E-state index >= 15 is 0 Å². The van der Waals surface area contributed by atoms with Crippen LogP contribution in [0.1, 0.15) is 19.4 Å². The number of hydrogen-bond acceptors (Lipinski definition) is 3. The van der Waals surface area contributed by atoms with Crippen molar-refractivity contribution in [2.24, 2.45) is 5.92 Å². The molecule has 0 unspecified atom stereocenters. The summed E-state index contributed by atoms with van der Waals surface area (Å²) in [6.07, 6.45) is 1.99. The molecule has 1 heterocycles. The lowest BCUT2D eigenvalue weighted by Gasteiger charge is -2.36. The number of benzene rings is 1. The fourth-order valence-electron chi connectivity index (χ4n) is 2.26. The number of ether oxygens (including phenoxy) is 1. The first-order chi connectivity index (χ1) is 9.97. The molecule has 1 atom stereocenters. The monoisotopic (exact) mass is 288 g/mol. The second-order valence-corrected chi connectivity index (χ2v) is 5.43. The topological polar surface area (TPSA) is 67.4 Å². The van der Waals surface area contributed by atoms with Crippen molar-refractivity contribution >= 4 is 11.8 Å². The summed E-state index contributed by atoms with van der Waals surface area (Å²) >= 11 is 0. The number of amides is 2. The number of carbonyl (C=O) groups is 2. The molecule has 112 valence electrons. The number of nitrogens with one attached hydrogen (secondary N) is 2. The summed E-state index contributed by atoms with van der Waals surface area (Å²) < 4.78 is 5.35. The minimum absolute atomic E-state index is 0.162. The first kappa shape index (κ1) is 15.3. The van der Waals surface area contributed by atoms with Crippen LogP contribution in [0.4, 0.5) is 0 Å². The summed E-state index contributed by atoms with van der Waals surface area (Å²) in [5.41, 5.74) is -0.186. The highest BCUT2D eigenvalue weighted by Crippen LogP contribution is 2.20. The summed E-state index contributed by atoms with van der Waals surface area (Å²) in [5.74, 6) is -0.531. The van der Waals surface area contributed by atoms with Gasteiger partial charge in [0.15, 0.2) is 0 Å². The molecule has 0 spiro atoms. The maximum atomic E-state index is 12.4. The predicted molar refractivity (Wildman–Crippen MR) is 79.1 cm³/mol. The lowest BCUT2D eigenvalue weighted by atomic mass is 9.98. The highest BCUT2D eigenvalue weighted by Gasteiger charge is 2.45. The Morgan fingerprint density at radius 2 is 1.90 bits per heavy atom. The van der Waals surface area contributed by atoms with Crippen LogP contribution in [0.2, 0.25) is 0 Å². The van der Waals surface area contributed by atoms with Gasteiger partial charge in [-0.15, -0.1) is 0 Å². The Morgan fingerprint density at radius 3 is 2.48 bits per heavy atom. The molecule has 1 aliphatic rings. The number of hydrogen-bond donors (Lipinski definition) is 2. The van der Waals surface area contributed by atoms with Crippen molar-refractivity contribution in [3.05, 3.63) is 47.7 Å². The van der Waals surface area contributed by atoms with Crippen LogP contribution in [0.5, 0.6) is 0 Å². The Labute approximate surface area is 124 Å². The quantitative estimate of drug-likeness (QED) is 0.822. The lowest BCUT2D eigenvalue weighted by molar-refractivity contribution is -0.156. The molecule has 5 heteroatoms. The molecule has 1 aromatic carbocycles. The first-order valence-electron chi connectivity index (χ1n) is 6.92. The molecule has 5 nitrogen and oxygen atoms in total. The molecule has 2 amide bonds. The van der Waals surface area contributed by atoms with Gasteiger partial charge in [-0.3, -0.25) is 9.59 Å². The van der Waals surface area contributed by atoms with Crippen LogP contribution in [-0.4, -0.2) is 24.6 Å². The van der Waals surface area contributed by atoms with Gasteiger partial charge in [0.2, 0.25) is 5.72 Å². The molecule has 2 rings (SSSR count). The second kappa shape index (κ2) is 6.10. The van der Waals surface area contributed by atoms with Gasteiger partial charge in [-0.1, -0.05) is 50.3 Å². The zero-order valence-corrected chi connectivity index (χ0v) is 12.5. The first-order valence-corrected chi connectivity index (χ1v) is 6.92. The molecule has 2 N–H and O–H groups in total. The van der Waals surface area contributed by atoms with E-state index in [1.165, 1.54) is 7.11 Å². The van der Waals surface area contributed by atoms with Gasteiger partial charge < -0.3 is 15.4 Å². The van der Waals surface area contributed by atoms with Crippen molar-refractivity contribution in [2.75, 3.05) is 7.11 Å². The van der Waals surface area contributed by atoms with Gasteiger partial charge in [-0.25, -0.2) is 0 Å². The van der Waals surface area contributed by atoms with E-state index in [0.29, 0.717) is 0 Å².